The van der Waals surface area contributed by atoms with Gasteiger partial charge in [-0.05, 0) is 12.8 Å². The van der Waals surface area contributed by atoms with E-state index in [1.54, 1.807) is 0 Å². The van der Waals surface area contributed by atoms with Crippen LogP contribution in [0.4, 0.5) is 0 Å². The zero-order valence-electron chi connectivity index (χ0n) is 9.57. The summed E-state index contributed by atoms with van der Waals surface area (Å²) in [6.07, 6.45) is 5.01. The normalized spacial score (nSPS) is 19.1. The number of hydrogen-bond donors (Lipinski definition) is 2. The molecule has 0 aliphatic heterocycles. The standard InChI is InChI=1S/C11H19NO4/c1-16-7-9(11(14)15)12-10(13)8-5-3-2-4-6-8/h8-9H,2-7H2,1H3,(H,12,13)(H,14,15)/t9-/m0/s1. The Morgan fingerprint density at radius 2 is 2.00 bits per heavy atom. The lowest BCUT2D eigenvalue weighted by molar-refractivity contribution is -0.144. The van der Waals surface area contributed by atoms with E-state index in [1.807, 2.05) is 0 Å². The molecule has 16 heavy (non-hydrogen) atoms. The molecule has 0 heterocycles. The van der Waals surface area contributed by atoms with Crippen molar-refractivity contribution in [1.82, 2.24) is 5.32 Å². The molecule has 0 spiro atoms. The monoisotopic (exact) mass is 229 g/mol. The van der Waals surface area contributed by atoms with E-state index in [2.05, 4.69) is 5.32 Å². The molecule has 2 N–H and O–H groups in total. The largest absolute Gasteiger partial charge is 0.480 e. The summed E-state index contributed by atoms with van der Waals surface area (Å²) in [5.41, 5.74) is 0. The summed E-state index contributed by atoms with van der Waals surface area (Å²) >= 11 is 0. The van der Waals surface area contributed by atoms with Gasteiger partial charge in [0.2, 0.25) is 5.91 Å². The lowest BCUT2D eigenvalue weighted by Gasteiger charge is -2.22. The Morgan fingerprint density at radius 3 is 2.50 bits per heavy atom. The molecule has 1 atom stereocenters. The van der Waals surface area contributed by atoms with Crippen molar-refractivity contribution in [1.29, 1.82) is 0 Å². The third-order valence-electron chi connectivity index (χ3n) is 2.92. The van der Waals surface area contributed by atoms with Gasteiger partial charge in [-0.25, -0.2) is 4.79 Å². The van der Waals surface area contributed by atoms with Crippen LogP contribution in [-0.2, 0) is 14.3 Å². The van der Waals surface area contributed by atoms with Crippen LogP contribution in [0.5, 0.6) is 0 Å². The van der Waals surface area contributed by atoms with E-state index in [0.29, 0.717) is 0 Å². The maximum atomic E-state index is 11.8. The fraction of sp³-hybridized carbons (Fsp3) is 0.818. The van der Waals surface area contributed by atoms with Crippen LogP contribution in [0.2, 0.25) is 0 Å². The number of nitrogens with one attached hydrogen (secondary N) is 1. The third kappa shape index (κ3) is 3.81. The van der Waals surface area contributed by atoms with Crippen molar-refractivity contribution in [2.75, 3.05) is 13.7 Å². The fourth-order valence-corrected chi connectivity index (χ4v) is 2.00. The van der Waals surface area contributed by atoms with Gasteiger partial charge in [-0.3, -0.25) is 4.79 Å². The minimum absolute atomic E-state index is 0.00773. The molecule has 0 aromatic carbocycles. The van der Waals surface area contributed by atoms with Gasteiger partial charge in [0.25, 0.3) is 0 Å². The van der Waals surface area contributed by atoms with Crippen LogP contribution in [0.15, 0.2) is 0 Å². The molecule has 1 aliphatic carbocycles. The summed E-state index contributed by atoms with van der Waals surface area (Å²) in [7, 11) is 1.42. The van der Waals surface area contributed by atoms with Crippen molar-refractivity contribution in [3.8, 4) is 0 Å². The van der Waals surface area contributed by atoms with Gasteiger partial charge in [0, 0.05) is 13.0 Å². The highest BCUT2D eigenvalue weighted by molar-refractivity contribution is 5.85. The minimum Gasteiger partial charge on any atom is -0.480 e. The molecule has 1 aliphatic rings. The summed E-state index contributed by atoms with van der Waals surface area (Å²) in [5.74, 6) is -1.22. The topological polar surface area (TPSA) is 75.6 Å². The Balaban J connectivity index is 2.43. The van der Waals surface area contributed by atoms with Gasteiger partial charge in [-0.1, -0.05) is 19.3 Å². The first-order valence-corrected chi connectivity index (χ1v) is 5.67. The average molecular weight is 229 g/mol. The molecule has 5 nitrogen and oxygen atoms in total. The molecule has 0 radical (unpaired) electrons. The SMILES string of the molecule is COC[C@H](NC(=O)C1CCCCC1)C(=O)O. The zero-order chi connectivity index (χ0) is 12.0. The molecule has 1 amide bonds. The number of hydrogen-bond acceptors (Lipinski definition) is 3. The maximum Gasteiger partial charge on any atom is 0.328 e. The Morgan fingerprint density at radius 1 is 1.38 bits per heavy atom. The first-order chi connectivity index (χ1) is 7.65. The summed E-state index contributed by atoms with van der Waals surface area (Å²) in [5, 5.41) is 11.4. The van der Waals surface area contributed by atoms with E-state index in [1.165, 1.54) is 13.5 Å². The van der Waals surface area contributed by atoms with E-state index in [9.17, 15) is 9.59 Å². The van der Waals surface area contributed by atoms with Crippen molar-refractivity contribution >= 4 is 11.9 Å². The predicted octanol–water partition coefficient (Wildman–Crippen LogP) is 0.782. The van der Waals surface area contributed by atoms with Crippen molar-refractivity contribution in [2.45, 2.75) is 38.1 Å². The molecule has 0 aromatic rings. The highest BCUT2D eigenvalue weighted by Gasteiger charge is 2.26. The second-order valence-electron chi connectivity index (χ2n) is 4.19. The second-order valence-corrected chi connectivity index (χ2v) is 4.19. The van der Waals surface area contributed by atoms with Gasteiger partial charge in [-0.15, -0.1) is 0 Å². The summed E-state index contributed by atoms with van der Waals surface area (Å²) < 4.78 is 4.76. The molecular weight excluding hydrogens is 210 g/mol. The minimum atomic E-state index is -1.05. The molecule has 1 rings (SSSR count). The molecule has 0 saturated heterocycles. The molecule has 1 fully saturated rings. The maximum absolute atomic E-state index is 11.8. The molecule has 92 valence electrons. The Hall–Kier alpha value is -1.10. The Bertz CT molecular complexity index is 248. The number of carbonyl (C=O) groups is 2. The van der Waals surface area contributed by atoms with E-state index in [0.717, 1.165) is 25.7 Å². The summed E-state index contributed by atoms with van der Waals surface area (Å²) in [4.78, 5) is 22.6. The van der Waals surface area contributed by atoms with Gasteiger partial charge in [-0.2, -0.15) is 0 Å². The lowest BCUT2D eigenvalue weighted by atomic mass is 9.88. The molecule has 1 saturated carbocycles. The van der Waals surface area contributed by atoms with Crippen LogP contribution in [0.25, 0.3) is 0 Å². The number of carboxylic acid groups (broad SMARTS) is 1. The van der Waals surface area contributed by atoms with Gasteiger partial charge >= 0.3 is 5.97 Å². The fourth-order valence-electron chi connectivity index (χ4n) is 2.00. The molecule has 0 unspecified atom stereocenters. The number of amides is 1. The average Bonchev–Trinajstić information content (AvgIpc) is 2.29. The van der Waals surface area contributed by atoms with E-state index >= 15 is 0 Å². The number of rotatable bonds is 5. The molecule has 0 bridgehead atoms. The molecule has 0 aromatic heterocycles. The van der Waals surface area contributed by atoms with Crippen LogP contribution in [0.3, 0.4) is 0 Å². The van der Waals surface area contributed by atoms with Gasteiger partial charge < -0.3 is 15.2 Å². The van der Waals surface area contributed by atoms with Crippen LogP contribution in [0.1, 0.15) is 32.1 Å². The van der Waals surface area contributed by atoms with Crippen molar-refractivity contribution in [3.63, 3.8) is 0 Å². The van der Waals surface area contributed by atoms with Crippen molar-refractivity contribution in [3.05, 3.63) is 0 Å². The van der Waals surface area contributed by atoms with Gasteiger partial charge in [0.15, 0.2) is 6.04 Å². The predicted molar refractivity (Wildman–Crippen MR) is 58.0 cm³/mol. The first-order valence-electron chi connectivity index (χ1n) is 5.67. The van der Waals surface area contributed by atoms with Gasteiger partial charge in [0.1, 0.15) is 0 Å². The van der Waals surface area contributed by atoms with Crippen LogP contribution in [0, 0.1) is 5.92 Å². The summed E-state index contributed by atoms with van der Waals surface area (Å²) in [6, 6.07) is -0.931. The number of aliphatic carboxylic acids is 1. The smallest absolute Gasteiger partial charge is 0.328 e. The zero-order valence-corrected chi connectivity index (χ0v) is 9.57. The molecular formula is C11H19NO4. The van der Waals surface area contributed by atoms with E-state index in [-0.39, 0.29) is 18.4 Å². The number of carboxylic acids is 1. The number of ether oxygens (including phenoxy) is 1. The van der Waals surface area contributed by atoms with Crippen molar-refractivity contribution in [2.24, 2.45) is 5.92 Å². The number of methoxy groups -OCH3 is 1. The summed E-state index contributed by atoms with van der Waals surface area (Å²) in [6.45, 7) is 0.00773. The van der Waals surface area contributed by atoms with E-state index in [4.69, 9.17) is 9.84 Å². The van der Waals surface area contributed by atoms with Crippen LogP contribution in [-0.4, -0.2) is 36.7 Å². The third-order valence-corrected chi connectivity index (χ3v) is 2.92. The number of carbonyl (C=O) groups excluding carboxylic acids is 1. The second kappa shape index (κ2) is 6.48. The van der Waals surface area contributed by atoms with E-state index < -0.39 is 12.0 Å². The Labute approximate surface area is 95.2 Å². The van der Waals surface area contributed by atoms with Gasteiger partial charge in [0.05, 0.1) is 6.61 Å². The highest BCUT2D eigenvalue weighted by atomic mass is 16.5. The van der Waals surface area contributed by atoms with Crippen molar-refractivity contribution < 1.29 is 19.4 Å². The quantitative estimate of drug-likeness (QED) is 0.730. The highest BCUT2D eigenvalue weighted by Crippen LogP contribution is 2.23. The lowest BCUT2D eigenvalue weighted by Crippen LogP contribution is -2.46. The Kier molecular flexibility index (Phi) is 5.25. The molecule has 5 heteroatoms. The van der Waals surface area contributed by atoms with Crippen LogP contribution < -0.4 is 5.32 Å². The first kappa shape index (κ1) is 13.0. The van der Waals surface area contributed by atoms with Crippen LogP contribution >= 0.6 is 0 Å².